The number of fused-ring (bicyclic) bond motifs is 1. The second-order valence-corrected chi connectivity index (χ2v) is 8.30. The summed E-state index contributed by atoms with van der Waals surface area (Å²) in [6.45, 7) is 0. The standard InChI is InChI=1S/C26H21N7O/c34-26(24-22(29-19-13-27-15-28-14-19)11-10-20(31-24)16-6-7-16)30-18-8-9-21-23(12-18)33-25(32-21)17-4-2-1-3-5-17/h1-5,8-16,29H,6-7H2,(H,30,34)(H,32,33). The number of hydrogen-bond donors (Lipinski definition) is 3. The molecule has 3 heterocycles. The van der Waals surface area contributed by atoms with Crippen LogP contribution in [0.1, 0.15) is 34.9 Å². The molecule has 0 bridgehead atoms. The Bertz CT molecular complexity index is 1480. The fourth-order valence-corrected chi connectivity index (χ4v) is 3.88. The summed E-state index contributed by atoms with van der Waals surface area (Å²) in [5, 5.41) is 6.20. The molecule has 0 aliphatic heterocycles. The summed E-state index contributed by atoms with van der Waals surface area (Å²) < 4.78 is 0. The SMILES string of the molecule is O=C(Nc1ccc2nc(-c3ccccc3)[nH]c2c1)c1nc(C2CC2)ccc1Nc1cncnc1. The average molecular weight is 448 g/mol. The van der Waals surface area contributed by atoms with E-state index in [4.69, 9.17) is 4.98 Å². The van der Waals surface area contributed by atoms with Crippen molar-refractivity contribution in [1.82, 2.24) is 24.9 Å². The van der Waals surface area contributed by atoms with E-state index in [0.717, 1.165) is 41.0 Å². The minimum absolute atomic E-state index is 0.288. The number of anilines is 3. The number of carbonyl (C=O) groups is 1. The number of H-pyrrole nitrogens is 1. The first-order chi connectivity index (χ1) is 16.7. The van der Waals surface area contributed by atoms with Crippen molar-refractivity contribution in [3.05, 3.63) is 90.8 Å². The van der Waals surface area contributed by atoms with Crippen LogP contribution in [0.2, 0.25) is 0 Å². The van der Waals surface area contributed by atoms with Crippen LogP contribution in [-0.2, 0) is 0 Å². The van der Waals surface area contributed by atoms with Crippen molar-refractivity contribution in [1.29, 1.82) is 0 Å². The van der Waals surface area contributed by atoms with Gasteiger partial charge in [0.15, 0.2) is 5.69 Å². The molecule has 2 aromatic carbocycles. The Balaban J connectivity index is 1.29. The predicted molar refractivity (Wildman–Crippen MR) is 131 cm³/mol. The van der Waals surface area contributed by atoms with Gasteiger partial charge in [0, 0.05) is 22.9 Å². The molecular weight excluding hydrogens is 426 g/mol. The summed E-state index contributed by atoms with van der Waals surface area (Å²) in [6, 6.07) is 19.4. The zero-order chi connectivity index (χ0) is 22.9. The molecule has 1 fully saturated rings. The topological polar surface area (TPSA) is 108 Å². The summed E-state index contributed by atoms with van der Waals surface area (Å²) in [7, 11) is 0. The molecule has 0 radical (unpaired) electrons. The maximum Gasteiger partial charge on any atom is 0.276 e. The van der Waals surface area contributed by atoms with Crippen LogP contribution in [0.25, 0.3) is 22.4 Å². The fourth-order valence-electron chi connectivity index (χ4n) is 3.88. The number of amides is 1. The number of nitrogens with zero attached hydrogens (tertiary/aromatic N) is 4. The maximum absolute atomic E-state index is 13.3. The van der Waals surface area contributed by atoms with E-state index in [1.165, 1.54) is 6.33 Å². The molecule has 1 amide bonds. The lowest BCUT2D eigenvalue weighted by molar-refractivity contribution is 0.102. The summed E-state index contributed by atoms with van der Waals surface area (Å²) >= 11 is 0. The zero-order valence-electron chi connectivity index (χ0n) is 18.2. The van der Waals surface area contributed by atoms with Crippen LogP contribution in [0.5, 0.6) is 0 Å². The molecular formula is C26H21N7O. The van der Waals surface area contributed by atoms with Crippen LogP contribution in [0.15, 0.2) is 79.4 Å². The van der Waals surface area contributed by atoms with Crippen molar-refractivity contribution in [3.8, 4) is 11.4 Å². The number of imidazole rings is 1. The van der Waals surface area contributed by atoms with Crippen LogP contribution in [0.4, 0.5) is 17.1 Å². The van der Waals surface area contributed by atoms with Crippen LogP contribution < -0.4 is 10.6 Å². The molecule has 1 saturated carbocycles. The third kappa shape index (κ3) is 4.09. The molecule has 1 aliphatic carbocycles. The number of pyridine rings is 1. The minimum atomic E-state index is -0.288. The summed E-state index contributed by atoms with van der Waals surface area (Å²) in [4.78, 5) is 34.1. The van der Waals surface area contributed by atoms with E-state index in [1.54, 1.807) is 12.4 Å². The van der Waals surface area contributed by atoms with Gasteiger partial charge in [0.05, 0.1) is 34.8 Å². The molecule has 34 heavy (non-hydrogen) atoms. The first-order valence-corrected chi connectivity index (χ1v) is 11.1. The third-order valence-corrected chi connectivity index (χ3v) is 5.75. The number of nitrogens with one attached hydrogen (secondary N) is 3. The van der Waals surface area contributed by atoms with E-state index in [-0.39, 0.29) is 5.91 Å². The molecule has 6 rings (SSSR count). The lowest BCUT2D eigenvalue weighted by Crippen LogP contribution is -2.16. The maximum atomic E-state index is 13.3. The lowest BCUT2D eigenvalue weighted by Gasteiger charge is -2.13. The second kappa shape index (κ2) is 8.40. The van der Waals surface area contributed by atoms with Gasteiger partial charge in [0.25, 0.3) is 5.91 Å². The second-order valence-electron chi connectivity index (χ2n) is 8.30. The van der Waals surface area contributed by atoms with Gasteiger partial charge >= 0.3 is 0 Å². The quantitative estimate of drug-likeness (QED) is 0.326. The van der Waals surface area contributed by atoms with Crippen LogP contribution >= 0.6 is 0 Å². The first-order valence-electron chi connectivity index (χ1n) is 11.1. The van der Waals surface area contributed by atoms with Gasteiger partial charge in [-0.2, -0.15) is 0 Å². The van der Waals surface area contributed by atoms with Gasteiger partial charge in [-0.25, -0.2) is 19.9 Å². The van der Waals surface area contributed by atoms with Crippen molar-refractivity contribution in [2.75, 3.05) is 10.6 Å². The molecule has 166 valence electrons. The van der Waals surface area contributed by atoms with E-state index in [9.17, 15) is 4.79 Å². The predicted octanol–water partition coefficient (Wildman–Crippen LogP) is 5.29. The summed E-state index contributed by atoms with van der Waals surface area (Å²) in [6.07, 6.45) is 6.98. The molecule has 0 spiro atoms. The Hall–Kier alpha value is -4.59. The average Bonchev–Trinajstić information content (AvgIpc) is 3.64. The van der Waals surface area contributed by atoms with Crippen molar-refractivity contribution >= 4 is 34.0 Å². The molecule has 1 aliphatic rings. The van der Waals surface area contributed by atoms with Crippen LogP contribution in [0, 0.1) is 0 Å². The summed E-state index contributed by atoms with van der Waals surface area (Å²) in [5.41, 5.74) is 5.91. The van der Waals surface area contributed by atoms with Gasteiger partial charge in [0.2, 0.25) is 0 Å². The van der Waals surface area contributed by atoms with Crippen molar-refractivity contribution in [3.63, 3.8) is 0 Å². The lowest BCUT2D eigenvalue weighted by atomic mass is 10.2. The molecule has 8 heteroatoms. The van der Waals surface area contributed by atoms with Crippen LogP contribution in [0.3, 0.4) is 0 Å². The van der Waals surface area contributed by atoms with Gasteiger partial charge in [-0.3, -0.25) is 4.79 Å². The Labute approximate surface area is 195 Å². The number of hydrogen-bond acceptors (Lipinski definition) is 6. The molecule has 8 nitrogen and oxygen atoms in total. The van der Waals surface area contributed by atoms with E-state index >= 15 is 0 Å². The van der Waals surface area contributed by atoms with Gasteiger partial charge < -0.3 is 15.6 Å². The molecule has 3 aromatic heterocycles. The Morgan fingerprint density at radius 1 is 0.912 bits per heavy atom. The summed E-state index contributed by atoms with van der Waals surface area (Å²) in [5.74, 6) is 0.928. The Morgan fingerprint density at radius 3 is 2.53 bits per heavy atom. The van der Waals surface area contributed by atoms with E-state index < -0.39 is 0 Å². The van der Waals surface area contributed by atoms with Crippen molar-refractivity contribution in [2.45, 2.75) is 18.8 Å². The normalized spacial score (nSPS) is 13.1. The highest BCUT2D eigenvalue weighted by atomic mass is 16.1. The highest BCUT2D eigenvalue weighted by Crippen LogP contribution is 2.39. The highest BCUT2D eigenvalue weighted by Gasteiger charge is 2.27. The molecule has 5 aromatic rings. The minimum Gasteiger partial charge on any atom is -0.351 e. The fraction of sp³-hybridized carbons (Fsp3) is 0.115. The van der Waals surface area contributed by atoms with Crippen LogP contribution in [-0.4, -0.2) is 30.8 Å². The van der Waals surface area contributed by atoms with Gasteiger partial charge in [0.1, 0.15) is 12.2 Å². The monoisotopic (exact) mass is 447 g/mol. The Morgan fingerprint density at radius 2 is 1.74 bits per heavy atom. The third-order valence-electron chi connectivity index (χ3n) is 5.75. The van der Waals surface area contributed by atoms with Gasteiger partial charge in [-0.1, -0.05) is 30.3 Å². The molecule has 0 atom stereocenters. The van der Waals surface area contributed by atoms with Crippen molar-refractivity contribution < 1.29 is 4.79 Å². The molecule has 0 unspecified atom stereocenters. The number of carbonyl (C=O) groups excluding carboxylic acids is 1. The smallest absolute Gasteiger partial charge is 0.276 e. The van der Waals surface area contributed by atoms with E-state index in [2.05, 4.69) is 30.6 Å². The molecule has 0 saturated heterocycles. The van der Waals surface area contributed by atoms with Gasteiger partial charge in [-0.15, -0.1) is 0 Å². The Kier molecular flexibility index (Phi) is 4.95. The largest absolute Gasteiger partial charge is 0.351 e. The van der Waals surface area contributed by atoms with E-state index in [1.807, 2.05) is 60.7 Å². The highest BCUT2D eigenvalue weighted by molar-refractivity contribution is 6.07. The van der Waals surface area contributed by atoms with Gasteiger partial charge in [-0.05, 0) is 43.2 Å². The number of aromatic amines is 1. The number of benzene rings is 2. The van der Waals surface area contributed by atoms with E-state index in [0.29, 0.717) is 28.7 Å². The number of aromatic nitrogens is 5. The first kappa shape index (κ1) is 20.0. The molecule has 3 N–H and O–H groups in total. The zero-order valence-corrected chi connectivity index (χ0v) is 18.2. The van der Waals surface area contributed by atoms with Crippen molar-refractivity contribution in [2.24, 2.45) is 0 Å². The number of rotatable bonds is 6.